The second-order valence-corrected chi connectivity index (χ2v) is 9.33. The van der Waals surface area contributed by atoms with Gasteiger partial charge in [-0.2, -0.15) is 5.10 Å². The van der Waals surface area contributed by atoms with Crippen LogP contribution in [0.5, 0.6) is 0 Å². The third kappa shape index (κ3) is 5.92. The lowest BCUT2D eigenvalue weighted by Crippen LogP contribution is -2.30. The molecule has 2 heterocycles. The minimum atomic E-state index is -3.82. The number of hydrogen-bond acceptors (Lipinski definition) is 6. The normalized spacial score (nSPS) is 11.3. The van der Waals surface area contributed by atoms with Crippen LogP contribution in [0, 0.1) is 6.92 Å². The van der Waals surface area contributed by atoms with Crippen molar-refractivity contribution in [2.45, 2.75) is 24.8 Å². The topological polar surface area (TPSA) is 123 Å². The monoisotopic (exact) mass is 495 g/mol. The van der Waals surface area contributed by atoms with Crippen molar-refractivity contribution >= 4 is 44.8 Å². The fourth-order valence-corrected chi connectivity index (χ4v) is 4.39. The molecule has 0 aliphatic carbocycles. The third-order valence-electron chi connectivity index (χ3n) is 4.43. The van der Waals surface area contributed by atoms with Gasteiger partial charge >= 0.3 is 0 Å². The summed E-state index contributed by atoms with van der Waals surface area (Å²) >= 11 is 11.5. The van der Waals surface area contributed by atoms with Gasteiger partial charge < -0.3 is 5.32 Å². The molecule has 12 heteroatoms. The largest absolute Gasteiger partial charge is 0.324 e. The maximum absolute atomic E-state index is 12.8. The van der Waals surface area contributed by atoms with Crippen molar-refractivity contribution < 1.29 is 13.2 Å². The summed E-state index contributed by atoms with van der Waals surface area (Å²) in [6.45, 7) is 1.42. The van der Waals surface area contributed by atoms with E-state index >= 15 is 0 Å². The van der Waals surface area contributed by atoms with Gasteiger partial charge in [0.1, 0.15) is 11.6 Å². The van der Waals surface area contributed by atoms with Crippen LogP contribution in [0.4, 0.5) is 5.69 Å². The predicted octanol–water partition coefficient (Wildman–Crippen LogP) is 2.41. The van der Waals surface area contributed by atoms with E-state index in [1.54, 1.807) is 37.5 Å². The van der Waals surface area contributed by atoms with Gasteiger partial charge in [-0.05, 0) is 42.7 Å². The summed E-state index contributed by atoms with van der Waals surface area (Å²) in [5.74, 6) is -0.588. The van der Waals surface area contributed by atoms with E-state index in [1.165, 1.54) is 6.07 Å². The second kappa shape index (κ2) is 10.2. The van der Waals surface area contributed by atoms with Gasteiger partial charge in [0.25, 0.3) is 5.56 Å². The zero-order valence-electron chi connectivity index (χ0n) is 16.9. The van der Waals surface area contributed by atoms with Gasteiger partial charge in [-0.15, -0.1) is 0 Å². The maximum atomic E-state index is 12.8. The molecule has 0 unspecified atom stereocenters. The summed E-state index contributed by atoms with van der Waals surface area (Å²) < 4.78 is 28.9. The molecule has 9 nitrogen and oxygen atoms in total. The number of anilines is 1. The Hall–Kier alpha value is -2.79. The molecular weight excluding hydrogens is 477 g/mol. The third-order valence-corrected chi connectivity index (χ3v) is 6.78. The first-order valence-electron chi connectivity index (χ1n) is 9.37. The maximum Gasteiger partial charge on any atom is 0.287 e. The van der Waals surface area contributed by atoms with E-state index in [4.69, 9.17) is 23.2 Å². The number of rotatable bonds is 8. The molecule has 32 heavy (non-hydrogen) atoms. The zero-order chi connectivity index (χ0) is 23.3. The average Bonchev–Trinajstić information content (AvgIpc) is 2.76. The Morgan fingerprint density at radius 3 is 2.69 bits per heavy atom. The molecule has 0 radical (unpaired) electrons. The average molecular weight is 496 g/mol. The van der Waals surface area contributed by atoms with E-state index in [2.05, 4.69) is 20.1 Å². The number of carbonyl (C=O) groups excluding carboxylic acids is 1. The number of benzene rings is 1. The number of hydrogen-bond donors (Lipinski definition) is 2. The molecule has 0 saturated carbocycles. The van der Waals surface area contributed by atoms with Gasteiger partial charge in [-0.3, -0.25) is 14.6 Å². The summed E-state index contributed by atoms with van der Waals surface area (Å²) in [7, 11) is -3.82. The molecule has 0 saturated heterocycles. The van der Waals surface area contributed by atoms with Gasteiger partial charge in [0.2, 0.25) is 15.9 Å². The lowest BCUT2D eigenvalue weighted by molar-refractivity contribution is -0.117. The number of halogens is 2. The van der Waals surface area contributed by atoms with Crippen molar-refractivity contribution in [3.63, 3.8) is 0 Å². The van der Waals surface area contributed by atoms with Gasteiger partial charge in [0, 0.05) is 24.6 Å². The molecule has 0 bridgehead atoms. The van der Waals surface area contributed by atoms with E-state index in [0.717, 1.165) is 16.4 Å². The molecule has 2 N–H and O–H groups in total. The van der Waals surface area contributed by atoms with Crippen molar-refractivity contribution in [3.8, 4) is 0 Å². The molecule has 3 rings (SSSR count). The number of carbonyl (C=O) groups is 1. The zero-order valence-corrected chi connectivity index (χ0v) is 19.2. The van der Waals surface area contributed by atoms with Crippen LogP contribution in [0.15, 0.2) is 58.6 Å². The summed E-state index contributed by atoms with van der Waals surface area (Å²) in [4.78, 5) is 28.4. The molecule has 168 valence electrons. The number of nitrogens with one attached hydrogen (secondary N) is 2. The molecule has 1 aromatic carbocycles. The summed E-state index contributed by atoms with van der Waals surface area (Å²) in [6.07, 6.45) is 4.95. The molecule has 3 aromatic rings. The number of amides is 1. The van der Waals surface area contributed by atoms with E-state index in [1.807, 2.05) is 6.07 Å². The predicted molar refractivity (Wildman–Crippen MR) is 121 cm³/mol. The van der Waals surface area contributed by atoms with E-state index in [0.29, 0.717) is 12.0 Å². The molecule has 0 atom stereocenters. The Morgan fingerprint density at radius 2 is 1.97 bits per heavy atom. The fourth-order valence-electron chi connectivity index (χ4n) is 2.81. The number of sulfonamides is 1. The quantitative estimate of drug-likeness (QED) is 0.494. The smallest absolute Gasteiger partial charge is 0.287 e. The SMILES string of the molecule is Cc1ccc(NC(=O)Cn2ncc(Cl)c(Cl)c2=O)cc1S(=O)(=O)NCCc1cccnc1. The Morgan fingerprint density at radius 1 is 1.19 bits per heavy atom. The molecule has 0 spiro atoms. The Kier molecular flexibility index (Phi) is 7.62. The highest BCUT2D eigenvalue weighted by atomic mass is 35.5. The minimum Gasteiger partial charge on any atom is -0.324 e. The molecule has 2 aromatic heterocycles. The fraction of sp³-hybridized carbons (Fsp3) is 0.200. The Bertz CT molecular complexity index is 1300. The molecule has 0 aliphatic rings. The van der Waals surface area contributed by atoms with Crippen molar-refractivity contribution in [3.05, 3.63) is 80.4 Å². The van der Waals surface area contributed by atoms with Crippen LogP contribution >= 0.6 is 23.2 Å². The molecular formula is C20H19Cl2N5O4S. The first kappa shape index (κ1) is 23.9. The lowest BCUT2D eigenvalue weighted by atomic mass is 10.2. The number of aromatic nitrogens is 3. The van der Waals surface area contributed by atoms with E-state index in [9.17, 15) is 18.0 Å². The Labute approximate surface area is 194 Å². The number of nitrogens with zero attached hydrogens (tertiary/aromatic N) is 3. The summed E-state index contributed by atoms with van der Waals surface area (Å²) in [6, 6.07) is 8.13. The van der Waals surface area contributed by atoms with E-state index in [-0.39, 0.29) is 27.2 Å². The van der Waals surface area contributed by atoms with Crippen LogP contribution in [0.2, 0.25) is 10.0 Å². The van der Waals surface area contributed by atoms with Crippen LogP contribution in [0.3, 0.4) is 0 Å². The summed E-state index contributed by atoms with van der Waals surface area (Å²) in [5, 5.41) is 6.07. The standard InChI is InChI=1S/C20H19Cl2N5O4S/c1-13-4-5-15(26-18(28)12-27-20(29)19(22)16(21)11-24-27)9-17(13)32(30,31)25-8-6-14-3-2-7-23-10-14/h2-5,7,9-11,25H,6,8,12H2,1H3,(H,26,28). The number of aryl methyl sites for hydroxylation is 1. The van der Waals surface area contributed by atoms with Crippen LogP contribution < -0.4 is 15.6 Å². The first-order chi connectivity index (χ1) is 15.2. The molecule has 1 amide bonds. The van der Waals surface area contributed by atoms with Gasteiger partial charge in [-0.25, -0.2) is 17.8 Å². The summed E-state index contributed by atoms with van der Waals surface area (Å²) in [5.41, 5.74) is 0.957. The van der Waals surface area contributed by atoms with Gasteiger partial charge in [0.05, 0.1) is 16.1 Å². The van der Waals surface area contributed by atoms with Crippen LogP contribution in [-0.2, 0) is 27.8 Å². The highest BCUT2D eigenvalue weighted by molar-refractivity contribution is 7.89. The van der Waals surface area contributed by atoms with Gasteiger partial charge in [0.15, 0.2) is 0 Å². The van der Waals surface area contributed by atoms with Crippen molar-refractivity contribution in [1.82, 2.24) is 19.5 Å². The first-order valence-corrected chi connectivity index (χ1v) is 11.6. The van der Waals surface area contributed by atoms with Gasteiger partial charge in [-0.1, -0.05) is 35.3 Å². The number of pyridine rings is 1. The van der Waals surface area contributed by atoms with Crippen molar-refractivity contribution in [2.75, 3.05) is 11.9 Å². The Balaban J connectivity index is 1.70. The lowest BCUT2D eigenvalue weighted by Gasteiger charge is -2.12. The van der Waals surface area contributed by atoms with Crippen molar-refractivity contribution in [2.24, 2.45) is 0 Å². The van der Waals surface area contributed by atoms with Crippen LogP contribution in [-0.4, -0.2) is 35.6 Å². The highest BCUT2D eigenvalue weighted by Crippen LogP contribution is 2.20. The second-order valence-electron chi connectivity index (χ2n) is 6.81. The highest BCUT2D eigenvalue weighted by Gasteiger charge is 2.18. The molecule has 0 fully saturated rings. The van der Waals surface area contributed by atoms with Crippen LogP contribution in [0.1, 0.15) is 11.1 Å². The minimum absolute atomic E-state index is 0.0160. The van der Waals surface area contributed by atoms with Crippen LogP contribution in [0.25, 0.3) is 0 Å². The van der Waals surface area contributed by atoms with Crippen molar-refractivity contribution in [1.29, 1.82) is 0 Å². The van der Waals surface area contributed by atoms with E-state index < -0.39 is 28.0 Å². The molecule has 0 aliphatic heterocycles.